The van der Waals surface area contributed by atoms with E-state index in [1.165, 1.54) is 35.8 Å². The van der Waals surface area contributed by atoms with Gasteiger partial charge in [0.25, 0.3) is 5.91 Å². The van der Waals surface area contributed by atoms with Crippen molar-refractivity contribution in [3.05, 3.63) is 57.9 Å². The molecule has 7 heteroatoms. The molecule has 5 nitrogen and oxygen atoms in total. The highest BCUT2D eigenvalue weighted by Crippen LogP contribution is 2.22. The van der Waals surface area contributed by atoms with E-state index in [1.807, 2.05) is 51.1 Å². The van der Waals surface area contributed by atoms with Crippen LogP contribution in [-0.4, -0.2) is 29.3 Å². The number of thioether (sulfide) groups is 1. The second-order valence-corrected chi connectivity index (χ2v) is 8.62. The largest absolute Gasteiger partial charge is 0.468 e. The van der Waals surface area contributed by atoms with Crippen molar-refractivity contribution in [3.63, 3.8) is 0 Å². The third-order valence-corrected chi connectivity index (χ3v) is 6.45. The molecule has 0 bridgehead atoms. The number of aryl methyl sites for hydroxylation is 3. The number of fused-ring (bicyclic) bond motifs is 1. The Hall–Kier alpha value is -2.38. The van der Waals surface area contributed by atoms with Crippen LogP contribution in [0.3, 0.4) is 0 Å². The van der Waals surface area contributed by atoms with E-state index in [9.17, 15) is 9.59 Å². The second-order valence-electron chi connectivity index (χ2n) is 6.56. The highest BCUT2D eigenvalue weighted by atomic mass is 32.2. The summed E-state index contributed by atoms with van der Waals surface area (Å²) in [6, 6.07) is 12.1. The third-order valence-electron chi connectivity index (χ3n) is 4.42. The van der Waals surface area contributed by atoms with Gasteiger partial charge in [0, 0.05) is 4.90 Å². The molecule has 0 aliphatic carbocycles. The van der Waals surface area contributed by atoms with Crippen molar-refractivity contribution in [1.29, 1.82) is 0 Å². The highest BCUT2D eigenvalue weighted by Gasteiger charge is 2.13. The lowest BCUT2D eigenvalue weighted by Gasteiger charge is -2.05. The Balaban J connectivity index is 1.92. The van der Waals surface area contributed by atoms with Crippen molar-refractivity contribution >= 4 is 45.2 Å². The maximum Gasteiger partial charge on any atom is 0.325 e. The summed E-state index contributed by atoms with van der Waals surface area (Å²) in [7, 11) is 1.35. The van der Waals surface area contributed by atoms with Crippen molar-refractivity contribution in [3.8, 4) is 0 Å². The van der Waals surface area contributed by atoms with Crippen LogP contribution in [0.1, 0.15) is 16.7 Å². The van der Waals surface area contributed by atoms with Gasteiger partial charge in [0.2, 0.25) is 0 Å². The summed E-state index contributed by atoms with van der Waals surface area (Å²) in [5, 5.41) is 0. The number of benzene rings is 2. The molecule has 0 spiro atoms. The van der Waals surface area contributed by atoms with Crippen LogP contribution >= 0.6 is 23.1 Å². The molecule has 3 aromatic rings. The van der Waals surface area contributed by atoms with E-state index in [1.54, 1.807) is 4.57 Å². The number of ether oxygens (including phenoxy) is 1. The SMILES string of the molecule is COC(=O)Cn1c(=NC(=O)CSc2ccc(C)cc2)sc2cc(C)c(C)cc21. The van der Waals surface area contributed by atoms with Crippen molar-refractivity contribution in [2.24, 2.45) is 4.99 Å². The van der Waals surface area contributed by atoms with Gasteiger partial charge in [-0.25, -0.2) is 0 Å². The molecule has 0 aliphatic heterocycles. The number of hydrogen-bond acceptors (Lipinski definition) is 5. The number of esters is 1. The van der Waals surface area contributed by atoms with Gasteiger partial charge in [-0.15, -0.1) is 11.8 Å². The lowest BCUT2D eigenvalue weighted by molar-refractivity contribution is -0.141. The second kappa shape index (κ2) is 8.75. The maximum absolute atomic E-state index is 12.5. The molecule has 1 amide bonds. The van der Waals surface area contributed by atoms with Gasteiger partial charge in [-0.1, -0.05) is 29.0 Å². The number of aromatic nitrogens is 1. The van der Waals surface area contributed by atoms with E-state index in [0.717, 1.165) is 26.2 Å². The zero-order valence-electron chi connectivity index (χ0n) is 16.3. The molecule has 146 valence electrons. The summed E-state index contributed by atoms with van der Waals surface area (Å²) < 4.78 is 7.56. The van der Waals surface area contributed by atoms with Crippen LogP contribution in [0, 0.1) is 20.8 Å². The number of hydrogen-bond donors (Lipinski definition) is 0. The fourth-order valence-corrected chi connectivity index (χ4v) is 4.48. The van der Waals surface area contributed by atoms with Gasteiger partial charge in [0.05, 0.1) is 23.1 Å². The van der Waals surface area contributed by atoms with Gasteiger partial charge in [-0.3, -0.25) is 9.59 Å². The normalized spacial score (nSPS) is 11.8. The monoisotopic (exact) mass is 414 g/mol. The molecule has 0 aliphatic rings. The Morgan fingerprint density at radius 2 is 1.79 bits per heavy atom. The van der Waals surface area contributed by atoms with Gasteiger partial charge < -0.3 is 9.30 Å². The van der Waals surface area contributed by atoms with E-state index < -0.39 is 0 Å². The van der Waals surface area contributed by atoms with Gasteiger partial charge in [0.15, 0.2) is 4.80 Å². The number of carbonyl (C=O) groups excluding carboxylic acids is 2. The van der Waals surface area contributed by atoms with Gasteiger partial charge in [-0.05, 0) is 56.2 Å². The number of amides is 1. The topological polar surface area (TPSA) is 60.7 Å². The van der Waals surface area contributed by atoms with E-state index >= 15 is 0 Å². The van der Waals surface area contributed by atoms with Crippen LogP contribution in [0.25, 0.3) is 10.2 Å². The number of methoxy groups -OCH3 is 1. The van der Waals surface area contributed by atoms with Gasteiger partial charge in [-0.2, -0.15) is 4.99 Å². The predicted octanol–water partition coefficient (Wildman–Crippen LogP) is 4.02. The molecule has 0 fully saturated rings. The zero-order valence-corrected chi connectivity index (χ0v) is 17.9. The molecule has 0 N–H and O–H groups in total. The number of thiazole rings is 1. The molecule has 0 saturated heterocycles. The molecule has 1 heterocycles. The minimum atomic E-state index is -0.374. The number of rotatable bonds is 5. The molecule has 0 saturated carbocycles. The lowest BCUT2D eigenvalue weighted by Crippen LogP contribution is -2.22. The van der Waals surface area contributed by atoms with Crippen LogP contribution in [0.15, 0.2) is 46.3 Å². The van der Waals surface area contributed by atoms with Crippen molar-refractivity contribution in [2.45, 2.75) is 32.2 Å². The molecular weight excluding hydrogens is 392 g/mol. The smallest absolute Gasteiger partial charge is 0.325 e. The quantitative estimate of drug-likeness (QED) is 0.467. The Bertz CT molecular complexity index is 1100. The van der Waals surface area contributed by atoms with Crippen LogP contribution in [-0.2, 0) is 20.9 Å². The van der Waals surface area contributed by atoms with Crippen molar-refractivity contribution < 1.29 is 14.3 Å². The van der Waals surface area contributed by atoms with E-state index in [2.05, 4.69) is 11.1 Å². The van der Waals surface area contributed by atoms with E-state index in [0.29, 0.717) is 4.80 Å². The van der Waals surface area contributed by atoms with Crippen molar-refractivity contribution in [2.75, 3.05) is 12.9 Å². The van der Waals surface area contributed by atoms with Crippen LogP contribution in [0.4, 0.5) is 0 Å². The lowest BCUT2D eigenvalue weighted by atomic mass is 10.1. The first-order valence-electron chi connectivity index (χ1n) is 8.82. The molecule has 0 atom stereocenters. The molecule has 3 rings (SSSR count). The average molecular weight is 415 g/mol. The minimum absolute atomic E-state index is 0.0240. The number of nitrogens with zero attached hydrogens (tertiary/aromatic N) is 2. The summed E-state index contributed by atoms with van der Waals surface area (Å²) in [4.78, 5) is 30.2. The van der Waals surface area contributed by atoms with Gasteiger partial charge >= 0.3 is 5.97 Å². The van der Waals surface area contributed by atoms with E-state index in [-0.39, 0.29) is 24.2 Å². The fourth-order valence-electron chi connectivity index (χ4n) is 2.67. The average Bonchev–Trinajstić information content (AvgIpc) is 2.97. The highest BCUT2D eigenvalue weighted by molar-refractivity contribution is 8.00. The Kier molecular flexibility index (Phi) is 6.36. The maximum atomic E-state index is 12.5. The summed E-state index contributed by atoms with van der Waals surface area (Å²) in [6.07, 6.45) is 0. The summed E-state index contributed by atoms with van der Waals surface area (Å²) >= 11 is 2.86. The van der Waals surface area contributed by atoms with Crippen LogP contribution < -0.4 is 4.80 Å². The first-order valence-corrected chi connectivity index (χ1v) is 10.6. The molecule has 1 aromatic heterocycles. The first-order chi connectivity index (χ1) is 13.4. The molecule has 0 unspecified atom stereocenters. The zero-order chi connectivity index (χ0) is 20.3. The standard InChI is InChI=1S/C21H22N2O3S2/c1-13-5-7-16(8-6-13)27-12-19(24)22-21-23(11-20(25)26-4)17-9-14(2)15(3)10-18(17)28-21/h5-10H,11-12H2,1-4H3. The van der Waals surface area contributed by atoms with Crippen LogP contribution in [0.5, 0.6) is 0 Å². The Morgan fingerprint density at radius 1 is 1.11 bits per heavy atom. The molecule has 2 aromatic carbocycles. The fraction of sp³-hybridized carbons (Fsp3) is 0.286. The van der Waals surface area contributed by atoms with Gasteiger partial charge in [0.1, 0.15) is 6.54 Å². The summed E-state index contributed by atoms with van der Waals surface area (Å²) in [6.45, 7) is 6.12. The Morgan fingerprint density at radius 3 is 2.46 bits per heavy atom. The third kappa shape index (κ3) is 4.72. The summed E-state index contributed by atoms with van der Waals surface area (Å²) in [5.74, 6) is -0.363. The minimum Gasteiger partial charge on any atom is -0.468 e. The summed E-state index contributed by atoms with van der Waals surface area (Å²) in [5.41, 5.74) is 4.35. The Labute approximate surface area is 172 Å². The predicted molar refractivity (Wildman–Crippen MR) is 114 cm³/mol. The van der Waals surface area contributed by atoms with E-state index in [4.69, 9.17) is 4.74 Å². The molecular formula is C21H22N2O3S2. The first kappa shape index (κ1) is 20.4. The molecule has 28 heavy (non-hydrogen) atoms. The molecule has 0 radical (unpaired) electrons. The van der Waals surface area contributed by atoms with Crippen LogP contribution in [0.2, 0.25) is 0 Å². The number of carbonyl (C=O) groups is 2. The van der Waals surface area contributed by atoms with Crippen molar-refractivity contribution in [1.82, 2.24) is 4.57 Å².